The van der Waals surface area contributed by atoms with Crippen LogP contribution < -0.4 is 0 Å². The normalized spacial score (nSPS) is 11.0. The fourth-order valence-electron chi connectivity index (χ4n) is 2.59. The van der Waals surface area contributed by atoms with Crippen molar-refractivity contribution in [2.45, 2.75) is 36.5 Å². The molecule has 0 radical (unpaired) electrons. The Balaban J connectivity index is 1.87. The minimum Gasteiger partial charge on any atom is -0.429 e. The van der Waals surface area contributed by atoms with Crippen molar-refractivity contribution in [3.05, 3.63) is 53.4 Å². The highest BCUT2D eigenvalue weighted by Gasteiger charge is 2.13. The summed E-state index contributed by atoms with van der Waals surface area (Å²) in [7, 11) is 0. The summed E-state index contributed by atoms with van der Waals surface area (Å²) < 4.78 is 5.82. The molecular formula is C21H23NOS3. The molecule has 136 valence electrons. The molecule has 0 aliphatic carbocycles. The van der Waals surface area contributed by atoms with Gasteiger partial charge in [0, 0.05) is 20.9 Å². The van der Waals surface area contributed by atoms with Crippen LogP contribution in [0, 0.1) is 4.84 Å². The average Bonchev–Trinajstić information content (AvgIpc) is 3.07. The third kappa shape index (κ3) is 4.84. The standard InChI is InChI=1S/C21H23NOS3/c1-3-13-25-17-9-5-15(6-10-17)19-20(23-21(24)22-19)16-7-11-18(12-8-16)26-14-4-2/h5-12H,3-4,13-14H2,1-2H3,(H,22,24). The summed E-state index contributed by atoms with van der Waals surface area (Å²) in [5.41, 5.74) is 3.07. The van der Waals surface area contributed by atoms with E-state index in [4.69, 9.17) is 16.6 Å². The Bertz CT molecular complexity index is 807. The SMILES string of the molecule is CCCSc1ccc(-c2[nH]c(=S)oc2-c2ccc(SCCC)cc2)cc1. The molecule has 1 heterocycles. The van der Waals surface area contributed by atoms with Gasteiger partial charge in [-0.25, -0.2) is 0 Å². The number of hydrogen-bond acceptors (Lipinski definition) is 4. The lowest BCUT2D eigenvalue weighted by molar-refractivity contribution is 0.554. The van der Waals surface area contributed by atoms with E-state index in [1.54, 1.807) is 0 Å². The predicted molar refractivity (Wildman–Crippen MR) is 117 cm³/mol. The molecule has 0 saturated heterocycles. The second kappa shape index (κ2) is 9.49. The van der Waals surface area contributed by atoms with Crippen LogP contribution in [0.1, 0.15) is 26.7 Å². The Morgan fingerprint density at radius 3 is 1.81 bits per heavy atom. The minimum absolute atomic E-state index is 0.406. The summed E-state index contributed by atoms with van der Waals surface area (Å²) in [6.07, 6.45) is 2.35. The first-order valence-electron chi connectivity index (χ1n) is 8.90. The molecule has 2 aromatic carbocycles. The van der Waals surface area contributed by atoms with Gasteiger partial charge in [-0.1, -0.05) is 38.1 Å². The highest BCUT2D eigenvalue weighted by atomic mass is 32.2. The van der Waals surface area contributed by atoms with Crippen molar-refractivity contribution in [2.24, 2.45) is 0 Å². The van der Waals surface area contributed by atoms with E-state index in [0.717, 1.165) is 34.1 Å². The molecule has 2 nitrogen and oxygen atoms in total. The van der Waals surface area contributed by atoms with E-state index in [9.17, 15) is 0 Å². The Kier molecular flexibility index (Phi) is 7.06. The first kappa shape index (κ1) is 19.3. The zero-order valence-electron chi connectivity index (χ0n) is 15.1. The van der Waals surface area contributed by atoms with Gasteiger partial charge in [0.2, 0.25) is 0 Å². The first-order chi connectivity index (χ1) is 12.7. The molecule has 1 aromatic heterocycles. The number of aromatic nitrogens is 1. The molecule has 0 atom stereocenters. The summed E-state index contributed by atoms with van der Waals surface area (Å²) in [6.45, 7) is 4.40. The maximum absolute atomic E-state index is 5.82. The van der Waals surface area contributed by atoms with Crippen LogP contribution in [-0.4, -0.2) is 16.5 Å². The number of nitrogens with one attached hydrogen (secondary N) is 1. The van der Waals surface area contributed by atoms with Gasteiger partial charge < -0.3 is 9.40 Å². The second-order valence-corrected chi connectivity index (χ2v) is 8.67. The fourth-order valence-corrected chi connectivity index (χ4v) is 4.32. The maximum atomic E-state index is 5.82. The van der Waals surface area contributed by atoms with Gasteiger partial charge in [-0.15, -0.1) is 23.5 Å². The van der Waals surface area contributed by atoms with E-state index >= 15 is 0 Å². The Morgan fingerprint density at radius 1 is 0.808 bits per heavy atom. The van der Waals surface area contributed by atoms with E-state index in [0.29, 0.717) is 4.84 Å². The molecule has 0 aliphatic heterocycles. The molecule has 0 amide bonds. The van der Waals surface area contributed by atoms with Crippen molar-refractivity contribution >= 4 is 35.7 Å². The van der Waals surface area contributed by atoms with E-state index in [1.807, 2.05) is 23.5 Å². The summed E-state index contributed by atoms with van der Waals surface area (Å²) in [5.74, 6) is 3.08. The summed E-state index contributed by atoms with van der Waals surface area (Å²) in [5, 5.41) is 0. The first-order valence-corrected chi connectivity index (χ1v) is 11.3. The van der Waals surface area contributed by atoms with E-state index in [-0.39, 0.29) is 0 Å². The van der Waals surface area contributed by atoms with Gasteiger partial charge in [-0.2, -0.15) is 0 Å². The molecule has 1 N–H and O–H groups in total. The third-order valence-corrected chi connectivity index (χ3v) is 6.48. The molecule has 0 saturated carbocycles. The van der Waals surface area contributed by atoms with Gasteiger partial charge in [-0.3, -0.25) is 0 Å². The van der Waals surface area contributed by atoms with Crippen molar-refractivity contribution < 1.29 is 4.42 Å². The monoisotopic (exact) mass is 401 g/mol. The second-order valence-electron chi connectivity index (χ2n) is 5.96. The lowest BCUT2D eigenvalue weighted by atomic mass is 10.1. The average molecular weight is 402 g/mol. The molecule has 0 bridgehead atoms. The van der Waals surface area contributed by atoms with E-state index in [1.165, 1.54) is 22.6 Å². The molecule has 3 aromatic rings. The lowest BCUT2D eigenvalue weighted by Crippen LogP contribution is -1.84. The highest BCUT2D eigenvalue weighted by molar-refractivity contribution is 7.99. The highest BCUT2D eigenvalue weighted by Crippen LogP contribution is 2.34. The van der Waals surface area contributed by atoms with Crippen LogP contribution in [0.2, 0.25) is 0 Å². The zero-order chi connectivity index (χ0) is 18.4. The maximum Gasteiger partial charge on any atom is 0.266 e. The molecule has 0 fully saturated rings. The van der Waals surface area contributed by atoms with Crippen molar-refractivity contribution in [1.82, 2.24) is 4.98 Å². The van der Waals surface area contributed by atoms with Gasteiger partial charge >= 0.3 is 0 Å². The number of H-pyrrole nitrogens is 1. The van der Waals surface area contributed by atoms with Crippen LogP contribution in [-0.2, 0) is 0 Å². The van der Waals surface area contributed by atoms with Crippen LogP contribution >= 0.6 is 35.7 Å². The van der Waals surface area contributed by atoms with Gasteiger partial charge in [-0.05, 0) is 60.8 Å². The van der Waals surface area contributed by atoms with Crippen molar-refractivity contribution in [2.75, 3.05) is 11.5 Å². The number of aromatic amines is 1. The van der Waals surface area contributed by atoms with Gasteiger partial charge in [0.05, 0.1) is 5.69 Å². The lowest BCUT2D eigenvalue weighted by Gasteiger charge is -2.05. The number of benzene rings is 2. The Labute approximate surface area is 168 Å². The summed E-state index contributed by atoms with van der Waals surface area (Å²) in [6, 6.07) is 17.1. The van der Waals surface area contributed by atoms with Crippen molar-refractivity contribution in [1.29, 1.82) is 0 Å². The number of oxazole rings is 1. The molecule has 26 heavy (non-hydrogen) atoms. The van der Waals surface area contributed by atoms with E-state index in [2.05, 4.69) is 67.4 Å². The van der Waals surface area contributed by atoms with Gasteiger partial charge in [0.15, 0.2) is 5.76 Å². The molecule has 0 unspecified atom stereocenters. The number of thioether (sulfide) groups is 2. The van der Waals surface area contributed by atoms with Crippen LogP contribution in [0.3, 0.4) is 0 Å². The van der Waals surface area contributed by atoms with Crippen molar-refractivity contribution in [3.63, 3.8) is 0 Å². The third-order valence-electron chi connectivity index (χ3n) is 3.85. The van der Waals surface area contributed by atoms with Crippen LogP contribution in [0.5, 0.6) is 0 Å². The molecule has 5 heteroatoms. The molecule has 0 aliphatic rings. The molecular weight excluding hydrogens is 378 g/mol. The zero-order valence-corrected chi connectivity index (χ0v) is 17.5. The quantitative estimate of drug-likeness (QED) is 0.309. The Morgan fingerprint density at radius 2 is 1.31 bits per heavy atom. The van der Waals surface area contributed by atoms with Crippen LogP contribution in [0.25, 0.3) is 22.6 Å². The molecule has 0 spiro atoms. The summed E-state index contributed by atoms with van der Waals surface area (Å²) in [4.78, 5) is 6.18. The van der Waals surface area contributed by atoms with Crippen molar-refractivity contribution in [3.8, 4) is 22.6 Å². The van der Waals surface area contributed by atoms with Crippen LogP contribution in [0.15, 0.2) is 62.7 Å². The largest absolute Gasteiger partial charge is 0.429 e. The Hall–Kier alpha value is -1.43. The number of rotatable bonds is 8. The molecule has 3 rings (SSSR count). The fraction of sp³-hybridized carbons (Fsp3) is 0.286. The predicted octanol–water partition coefficient (Wildman–Crippen LogP) is 7.68. The van der Waals surface area contributed by atoms with Crippen LogP contribution in [0.4, 0.5) is 0 Å². The summed E-state index contributed by atoms with van der Waals surface area (Å²) >= 11 is 9.01. The smallest absolute Gasteiger partial charge is 0.266 e. The van der Waals surface area contributed by atoms with Gasteiger partial charge in [0.1, 0.15) is 0 Å². The van der Waals surface area contributed by atoms with E-state index < -0.39 is 0 Å². The van der Waals surface area contributed by atoms with Gasteiger partial charge in [0.25, 0.3) is 4.84 Å². The number of hydrogen-bond donors (Lipinski definition) is 1. The minimum atomic E-state index is 0.406. The topological polar surface area (TPSA) is 28.9 Å².